The van der Waals surface area contributed by atoms with E-state index < -0.39 is 16.1 Å². The predicted octanol–water partition coefficient (Wildman–Crippen LogP) is 3.05. The zero-order valence-electron chi connectivity index (χ0n) is 15.0. The van der Waals surface area contributed by atoms with Crippen LogP contribution in [0.25, 0.3) is 0 Å². The smallest absolute Gasteiger partial charge is 0.252 e. The standard InChI is InChI=1S/C20H20N2O4S/c1-22(2)27(24,25)17-12-10-16(11-13-17)20(23)21-19(18-9-6-14-26-18)15-7-4-3-5-8-15/h3-14,19H,1-2H3,(H,21,23)/t19-/m0/s1. The molecule has 27 heavy (non-hydrogen) atoms. The molecule has 1 atom stereocenters. The van der Waals surface area contributed by atoms with E-state index in [0.29, 0.717) is 11.3 Å². The van der Waals surface area contributed by atoms with Gasteiger partial charge in [-0.3, -0.25) is 4.79 Å². The number of nitrogens with zero attached hydrogens (tertiary/aromatic N) is 1. The van der Waals surface area contributed by atoms with Crippen LogP contribution < -0.4 is 5.32 Å². The van der Waals surface area contributed by atoms with E-state index in [1.807, 2.05) is 30.3 Å². The summed E-state index contributed by atoms with van der Waals surface area (Å²) in [7, 11) is -0.610. The molecule has 140 valence electrons. The number of carbonyl (C=O) groups excluding carboxylic acids is 1. The molecule has 1 amide bonds. The van der Waals surface area contributed by atoms with Gasteiger partial charge in [-0.2, -0.15) is 0 Å². The van der Waals surface area contributed by atoms with Crippen molar-refractivity contribution in [3.8, 4) is 0 Å². The molecule has 0 aliphatic heterocycles. The van der Waals surface area contributed by atoms with Crippen LogP contribution in [0.3, 0.4) is 0 Å². The molecular formula is C20H20N2O4S. The lowest BCUT2D eigenvalue weighted by molar-refractivity contribution is 0.0939. The van der Waals surface area contributed by atoms with Crippen LogP contribution in [0, 0.1) is 0 Å². The average molecular weight is 384 g/mol. The van der Waals surface area contributed by atoms with Gasteiger partial charge in [0, 0.05) is 19.7 Å². The third kappa shape index (κ3) is 4.10. The molecule has 0 saturated carbocycles. The van der Waals surface area contributed by atoms with Gasteiger partial charge in [0.15, 0.2) is 0 Å². The van der Waals surface area contributed by atoms with E-state index in [-0.39, 0.29) is 10.8 Å². The normalized spacial score (nSPS) is 12.7. The van der Waals surface area contributed by atoms with E-state index in [4.69, 9.17) is 4.42 Å². The van der Waals surface area contributed by atoms with Crippen molar-refractivity contribution >= 4 is 15.9 Å². The van der Waals surface area contributed by atoms with Gasteiger partial charge in [-0.25, -0.2) is 12.7 Å². The van der Waals surface area contributed by atoms with Gasteiger partial charge in [-0.1, -0.05) is 30.3 Å². The van der Waals surface area contributed by atoms with E-state index in [1.54, 1.807) is 18.4 Å². The second kappa shape index (κ2) is 7.77. The molecule has 0 unspecified atom stereocenters. The molecule has 0 aliphatic rings. The Balaban J connectivity index is 1.85. The topological polar surface area (TPSA) is 79.6 Å². The Hall–Kier alpha value is -2.90. The third-order valence-electron chi connectivity index (χ3n) is 4.13. The first-order valence-corrected chi connectivity index (χ1v) is 9.75. The molecule has 1 heterocycles. The van der Waals surface area contributed by atoms with E-state index in [2.05, 4.69) is 5.32 Å². The fourth-order valence-corrected chi connectivity index (χ4v) is 3.52. The zero-order chi connectivity index (χ0) is 19.4. The first-order chi connectivity index (χ1) is 12.9. The molecule has 1 N–H and O–H groups in total. The van der Waals surface area contributed by atoms with E-state index >= 15 is 0 Å². The van der Waals surface area contributed by atoms with Gasteiger partial charge in [0.25, 0.3) is 5.91 Å². The molecule has 0 spiro atoms. The van der Waals surface area contributed by atoms with Crippen LogP contribution in [0.2, 0.25) is 0 Å². The van der Waals surface area contributed by atoms with Crippen LogP contribution in [0.1, 0.15) is 27.7 Å². The van der Waals surface area contributed by atoms with E-state index in [1.165, 1.54) is 38.4 Å². The Morgan fingerprint density at radius 3 is 2.19 bits per heavy atom. The summed E-state index contributed by atoms with van der Waals surface area (Å²) in [5.41, 5.74) is 1.24. The van der Waals surface area contributed by atoms with Crippen LogP contribution in [-0.2, 0) is 10.0 Å². The molecule has 0 bridgehead atoms. The molecule has 0 aliphatic carbocycles. The number of benzene rings is 2. The number of amides is 1. The van der Waals surface area contributed by atoms with Gasteiger partial charge in [-0.05, 0) is 42.0 Å². The first kappa shape index (κ1) is 18.9. The molecule has 0 fully saturated rings. The number of sulfonamides is 1. The molecule has 6 nitrogen and oxygen atoms in total. The Morgan fingerprint density at radius 2 is 1.63 bits per heavy atom. The van der Waals surface area contributed by atoms with Gasteiger partial charge >= 0.3 is 0 Å². The number of hydrogen-bond donors (Lipinski definition) is 1. The second-order valence-electron chi connectivity index (χ2n) is 6.14. The quantitative estimate of drug-likeness (QED) is 0.708. The number of hydrogen-bond acceptors (Lipinski definition) is 4. The molecule has 3 aromatic rings. The fourth-order valence-electron chi connectivity index (χ4n) is 2.62. The lowest BCUT2D eigenvalue weighted by Crippen LogP contribution is -2.29. The molecule has 0 saturated heterocycles. The van der Waals surface area contributed by atoms with Gasteiger partial charge in [-0.15, -0.1) is 0 Å². The molecule has 0 radical (unpaired) electrons. The highest BCUT2D eigenvalue weighted by atomic mass is 32.2. The summed E-state index contributed by atoms with van der Waals surface area (Å²) < 4.78 is 30.9. The second-order valence-corrected chi connectivity index (χ2v) is 8.30. The monoisotopic (exact) mass is 384 g/mol. The highest BCUT2D eigenvalue weighted by Gasteiger charge is 2.21. The minimum absolute atomic E-state index is 0.134. The zero-order valence-corrected chi connectivity index (χ0v) is 15.8. The Labute approximate surface area is 158 Å². The lowest BCUT2D eigenvalue weighted by atomic mass is 10.0. The summed E-state index contributed by atoms with van der Waals surface area (Å²) in [6.07, 6.45) is 1.55. The van der Waals surface area contributed by atoms with E-state index in [0.717, 1.165) is 9.87 Å². The van der Waals surface area contributed by atoms with Crippen molar-refractivity contribution in [3.05, 3.63) is 89.9 Å². The summed E-state index contributed by atoms with van der Waals surface area (Å²) >= 11 is 0. The van der Waals surface area contributed by atoms with Crippen molar-refractivity contribution in [2.24, 2.45) is 0 Å². The Bertz CT molecular complexity index is 996. The number of furan rings is 1. The summed E-state index contributed by atoms with van der Waals surface area (Å²) in [5, 5.41) is 2.94. The predicted molar refractivity (Wildman–Crippen MR) is 102 cm³/mol. The maximum Gasteiger partial charge on any atom is 0.252 e. The number of rotatable bonds is 6. The summed E-state index contributed by atoms with van der Waals surface area (Å²) in [4.78, 5) is 12.8. The van der Waals surface area contributed by atoms with Crippen LogP contribution in [0.15, 0.2) is 82.3 Å². The largest absolute Gasteiger partial charge is 0.467 e. The Kier molecular flexibility index (Phi) is 5.43. The van der Waals surface area contributed by atoms with Gasteiger partial charge in [0.05, 0.1) is 11.2 Å². The van der Waals surface area contributed by atoms with Crippen LogP contribution in [0.4, 0.5) is 0 Å². The van der Waals surface area contributed by atoms with Crippen molar-refractivity contribution < 1.29 is 17.6 Å². The van der Waals surface area contributed by atoms with Crippen molar-refractivity contribution in [1.29, 1.82) is 0 Å². The molecular weight excluding hydrogens is 364 g/mol. The highest BCUT2D eigenvalue weighted by Crippen LogP contribution is 2.23. The minimum atomic E-state index is -3.53. The van der Waals surface area contributed by atoms with Crippen molar-refractivity contribution in [1.82, 2.24) is 9.62 Å². The SMILES string of the molecule is CN(C)S(=O)(=O)c1ccc(C(=O)N[C@@H](c2ccccc2)c2ccco2)cc1. The molecule has 2 aromatic carbocycles. The molecule has 7 heteroatoms. The summed E-state index contributed by atoms with van der Waals surface area (Å²) in [5.74, 6) is 0.287. The summed E-state index contributed by atoms with van der Waals surface area (Å²) in [6.45, 7) is 0. The fraction of sp³-hybridized carbons (Fsp3) is 0.150. The van der Waals surface area contributed by atoms with Crippen LogP contribution in [-0.4, -0.2) is 32.7 Å². The summed E-state index contributed by atoms with van der Waals surface area (Å²) in [6, 6.07) is 18.4. The Morgan fingerprint density at radius 1 is 0.963 bits per heavy atom. The highest BCUT2D eigenvalue weighted by molar-refractivity contribution is 7.89. The van der Waals surface area contributed by atoms with Gasteiger partial charge in [0.2, 0.25) is 10.0 Å². The molecule has 3 rings (SSSR count). The van der Waals surface area contributed by atoms with Crippen molar-refractivity contribution in [3.63, 3.8) is 0 Å². The molecule has 1 aromatic heterocycles. The maximum atomic E-state index is 12.7. The van der Waals surface area contributed by atoms with Crippen molar-refractivity contribution in [2.75, 3.05) is 14.1 Å². The van der Waals surface area contributed by atoms with Crippen LogP contribution >= 0.6 is 0 Å². The maximum absolute atomic E-state index is 12.7. The van der Waals surface area contributed by atoms with Gasteiger partial charge < -0.3 is 9.73 Å². The van der Waals surface area contributed by atoms with Crippen molar-refractivity contribution in [2.45, 2.75) is 10.9 Å². The van der Waals surface area contributed by atoms with E-state index in [9.17, 15) is 13.2 Å². The number of carbonyl (C=O) groups is 1. The number of nitrogens with one attached hydrogen (secondary N) is 1. The third-order valence-corrected chi connectivity index (χ3v) is 5.96. The minimum Gasteiger partial charge on any atom is -0.467 e. The van der Waals surface area contributed by atoms with Crippen LogP contribution in [0.5, 0.6) is 0 Å². The average Bonchev–Trinajstić information content (AvgIpc) is 3.21. The van der Waals surface area contributed by atoms with Gasteiger partial charge in [0.1, 0.15) is 11.8 Å². The first-order valence-electron chi connectivity index (χ1n) is 8.31. The lowest BCUT2D eigenvalue weighted by Gasteiger charge is -2.17.